The summed E-state index contributed by atoms with van der Waals surface area (Å²) in [6.45, 7) is 6.39. The molecule has 2 rings (SSSR count). The predicted molar refractivity (Wildman–Crippen MR) is 66.1 cm³/mol. The van der Waals surface area contributed by atoms with Crippen LogP contribution in [0, 0.1) is 5.82 Å². The Balaban J connectivity index is 2.04. The van der Waals surface area contributed by atoms with Gasteiger partial charge in [-0.15, -0.1) is 0 Å². The van der Waals surface area contributed by atoms with Gasteiger partial charge in [0.15, 0.2) is 0 Å². The molecule has 1 fully saturated rings. The Labute approximate surface area is 101 Å². The third kappa shape index (κ3) is 3.17. The highest BCUT2D eigenvalue weighted by Crippen LogP contribution is 2.17. The van der Waals surface area contributed by atoms with Crippen LogP contribution >= 0.6 is 0 Å². The number of anilines is 1. The molecule has 0 aliphatic carbocycles. The first-order chi connectivity index (χ1) is 8.04. The summed E-state index contributed by atoms with van der Waals surface area (Å²) in [6.07, 6.45) is 0.409. The quantitative estimate of drug-likeness (QED) is 0.801. The van der Waals surface area contributed by atoms with Crippen LogP contribution in [0.3, 0.4) is 0 Å². The van der Waals surface area contributed by atoms with E-state index in [9.17, 15) is 4.39 Å². The highest BCUT2D eigenvalue weighted by atomic mass is 19.1. The number of halogens is 1. The van der Waals surface area contributed by atoms with Gasteiger partial charge in [-0.25, -0.2) is 4.39 Å². The first kappa shape index (κ1) is 12.3. The number of morpholine rings is 1. The number of ether oxygens (including phenoxy) is 1. The maximum Gasteiger partial charge on any atom is 0.129 e. The Morgan fingerprint density at radius 1 is 1.35 bits per heavy atom. The number of benzene rings is 1. The van der Waals surface area contributed by atoms with Gasteiger partial charge in [0.05, 0.1) is 12.2 Å². The van der Waals surface area contributed by atoms with Gasteiger partial charge in [-0.3, -0.25) is 4.90 Å². The van der Waals surface area contributed by atoms with Crippen LogP contribution in [0.25, 0.3) is 0 Å². The van der Waals surface area contributed by atoms with Crippen molar-refractivity contribution in [2.24, 2.45) is 0 Å². The molecule has 0 spiro atoms. The molecule has 1 aromatic carbocycles. The number of nitrogens with zero attached hydrogens (tertiary/aromatic N) is 1. The summed E-state index contributed by atoms with van der Waals surface area (Å²) >= 11 is 0. The van der Waals surface area contributed by atoms with E-state index in [1.807, 2.05) is 13.8 Å². The first-order valence-corrected chi connectivity index (χ1v) is 5.96. The normalized spacial score (nSPS) is 26.1. The second-order valence-electron chi connectivity index (χ2n) is 4.80. The molecule has 1 heterocycles. The van der Waals surface area contributed by atoms with E-state index in [0.29, 0.717) is 17.8 Å². The van der Waals surface area contributed by atoms with Crippen LogP contribution in [0.2, 0.25) is 0 Å². The molecule has 0 bridgehead atoms. The molecular formula is C13H19FN2O. The fraction of sp³-hybridized carbons (Fsp3) is 0.538. The summed E-state index contributed by atoms with van der Waals surface area (Å²) in [5.74, 6) is -0.225. The van der Waals surface area contributed by atoms with Crippen molar-refractivity contribution in [2.45, 2.75) is 32.6 Å². The lowest BCUT2D eigenvalue weighted by Gasteiger charge is -2.35. The summed E-state index contributed by atoms with van der Waals surface area (Å²) in [6, 6.07) is 4.88. The number of hydrogen-bond acceptors (Lipinski definition) is 3. The predicted octanol–water partition coefficient (Wildman–Crippen LogP) is 2.02. The van der Waals surface area contributed by atoms with E-state index in [0.717, 1.165) is 13.1 Å². The van der Waals surface area contributed by atoms with Crippen molar-refractivity contribution in [3.05, 3.63) is 29.6 Å². The van der Waals surface area contributed by atoms with Crippen LogP contribution in [0.1, 0.15) is 19.4 Å². The molecular weight excluding hydrogens is 219 g/mol. The summed E-state index contributed by atoms with van der Waals surface area (Å²) < 4.78 is 19.3. The Hall–Kier alpha value is -1.13. The molecule has 0 unspecified atom stereocenters. The monoisotopic (exact) mass is 238 g/mol. The molecule has 3 nitrogen and oxygen atoms in total. The smallest absolute Gasteiger partial charge is 0.129 e. The molecule has 0 aromatic heterocycles. The van der Waals surface area contributed by atoms with Crippen LogP contribution in [0.5, 0.6) is 0 Å². The van der Waals surface area contributed by atoms with Gasteiger partial charge >= 0.3 is 0 Å². The molecule has 4 heteroatoms. The molecule has 17 heavy (non-hydrogen) atoms. The Morgan fingerprint density at radius 2 is 2.00 bits per heavy atom. The molecule has 2 atom stereocenters. The van der Waals surface area contributed by atoms with Crippen molar-refractivity contribution in [3.8, 4) is 0 Å². The standard InChI is InChI=1S/C13H19FN2O/c1-9-6-16(7-10(2)17-9)8-11-3-4-12(15)5-13(11)14/h3-5,9-10H,6-8,15H2,1-2H3/t9-,10+. The van der Waals surface area contributed by atoms with E-state index >= 15 is 0 Å². The number of nitrogens with two attached hydrogens (primary N) is 1. The summed E-state index contributed by atoms with van der Waals surface area (Å²) in [5, 5.41) is 0. The SMILES string of the molecule is C[C@@H]1CN(Cc2ccc(N)cc2F)C[C@H](C)O1. The minimum atomic E-state index is -0.225. The first-order valence-electron chi connectivity index (χ1n) is 5.96. The van der Waals surface area contributed by atoms with E-state index < -0.39 is 0 Å². The lowest BCUT2D eigenvalue weighted by Crippen LogP contribution is -2.44. The van der Waals surface area contributed by atoms with E-state index in [2.05, 4.69) is 4.90 Å². The zero-order chi connectivity index (χ0) is 12.4. The Bertz CT molecular complexity index is 387. The molecule has 1 aliphatic rings. The molecule has 0 radical (unpaired) electrons. The largest absolute Gasteiger partial charge is 0.399 e. The average Bonchev–Trinajstić information content (AvgIpc) is 2.21. The summed E-state index contributed by atoms with van der Waals surface area (Å²) in [5.41, 5.74) is 6.69. The average molecular weight is 238 g/mol. The maximum atomic E-state index is 13.7. The zero-order valence-corrected chi connectivity index (χ0v) is 10.3. The number of rotatable bonds is 2. The zero-order valence-electron chi connectivity index (χ0n) is 10.3. The lowest BCUT2D eigenvalue weighted by atomic mass is 10.1. The van der Waals surface area contributed by atoms with Gasteiger partial charge in [0.2, 0.25) is 0 Å². The van der Waals surface area contributed by atoms with Crippen LogP contribution in [-0.4, -0.2) is 30.2 Å². The fourth-order valence-electron chi connectivity index (χ4n) is 2.35. The van der Waals surface area contributed by atoms with E-state index in [1.54, 1.807) is 12.1 Å². The second kappa shape index (κ2) is 5.02. The van der Waals surface area contributed by atoms with Gasteiger partial charge in [0, 0.05) is 30.9 Å². The van der Waals surface area contributed by atoms with Crippen molar-refractivity contribution in [1.29, 1.82) is 0 Å². The van der Waals surface area contributed by atoms with E-state index in [-0.39, 0.29) is 18.0 Å². The molecule has 1 saturated heterocycles. The van der Waals surface area contributed by atoms with Crippen molar-refractivity contribution in [2.75, 3.05) is 18.8 Å². The van der Waals surface area contributed by atoms with Crippen LogP contribution in [0.15, 0.2) is 18.2 Å². The van der Waals surface area contributed by atoms with Crippen molar-refractivity contribution in [3.63, 3.8) is 0 Å². The maximum absolute atomic E-state index is 13.7. The van der Waals surface area contributed by atoms with Gasteiger partial charge in [0.1, 0.15) is 5.82 Å². The van der Waals surface area contributed by atoms with Gasteiger partial charge < -0.3 is 10.5 Å². The highest BCUT2D eigenvalue weighted by molar-refractivity contribution is 5.40. The highest BCUT2D eigenvalue weighted by Gasteiger charge is 2.22. The fourth-order valence-corrected chi connectivity index (χ4v) is 2.35. The van der Waals surface area contributed by atoms with Crippen LogP contribution in [0.4, 0.5) is 10.1 Å². The molecule has 94 valence electrons. The van der Waals surface area contributed by atoms with Crippen molar-refractivity contribution < 1.29 is 9.13 Å². The Kier molecular flexibility index (Phi) is 3.64. The second-order valence-corrected chi connectivity index (χ2v) is 4.80. The molecule has 2 N–H and O–H groups in total. The third-order valence-corrected chi connectivity index (χ3v) is 2.97. The van der Waals surface area contributed by atoms with Gasteiger partial charge in [0.25, 0.3) is 0 Å². The minimum absolute atomic E-state index is 0.204. The van der Waals surface area contributed by atoms with Crippen molar-refractivity contribution in [1.82, 2.24) is 4.90 Å². The molecule has 0 saturated carbocycles. The molecule has 1 aliphatic heterocycles. The topological polar surface area (TPSA) is 38.5 Å². The van der Waals surface area contributed by atoms with Crippen LogP contribution in [-0.2, 0) is 11.3 Å². The van der Waals surface area contributed by atoms with Crippen molar-refractivity contribution >= 4 is 5.69 Å². The lowest BCUT2D eigenvalue weighted by molar-refractivity contribution is -0.0707. The minimum Gasteiger partial charge on any atom is -0.399 e. The number of hydrogen-bond donors (Lipinski definition) is 1. The Morgan fingerprint density at radius 3 is 2.59 bits per heavy atom. The van der Waals surface area contributed by atoms with Gasteiger partial charge in [-0.05, 0) is 26.0 Å². The summed E-state index contributed by atoms with van der Waals surface area (Å²) in [7, 11) is 0. The van der Waals surface area contributed by atoms with Gasteiger partial charge in [-0.1, -0.05) is 6.07 Å². The third-order valence-electron chi connectivity index (χ3n) is 2.97. The van der Waals surface area contributed by atoms with E-state index in [1.165, 1.54) is 6.07 Å². The molecule has 1 aromatic rings. The van der Waals surface area contributed by atoms with E-state index in [4.69, 9.17) is 10.5 Å². The molecule has 0 amide bonds. The van der Waals surface area contributed by atoms with Crippen LogP contribution < -0.4 is 5.73 Å². The van der Waals surface area contributed by atoms with Gasteiger partial charge in [-0.2, -0.15) is 0 Å². The number of nitrogen functional groups attached to an aromatic ring is 1. The summed E-state index contributed by atoms with van der Waals surface area (Å²) in [4.78, 5) is 2.22.